The first kappa shape index (κ1) is 41.2. The molecule has 6 heterocycles. The second-order valence-corrected chi connectivity index (χ2v) is 15.8. The van der Waals surface area contributed by atoms with Crippen LogP contribution in [0.3, 0.4) is 0 Å². The maximum atomic E-state index is 13.8. The Morgan fingerprint density at radius 1 is 1.09 bits per heavy atom. The number of aryl methyl sites for hydroxylation is 1. The van der Waals surface area contributed by atoms with E-state index in [9.17, 15) is 20.0 Å². The number of esters is 1. The summed E-state index contributed by atoms with van der Waals surface area (Å²) in [5.74, 6) is 1.67. The molecule has 2 N–H and O–H groups in total. The first-order valence-electron chi connectivity index (χ1n) is 18.6. The van der Waals surface area contributed by atoms with E-state index in [4.69, 9.17) is 28.4 Å². The number of piperazine rings is 1. The summed E-state index contributed by atoms with van der Waals surface area (Å²) in [6.45, 7) is 5.80. The summed E-state index contributed by atoms with van der Waals surface area (Å²) in [5, 5.41) is 25.6. The van der Waals surface area contributed by atoms with Gasteiger partial charge in [0, 0.05) is 97.7 Å². The molecule has 1 radical (unpaired) electrons. The van der Waals surface area contributed by atoms with E-state index < -0.39 is 35.4 Å². The van der Waals surface area contributed by atoms with Gasteiger partial charge in [-0.15, -0.1) is 11.8 Å². The Hall–Kier alpha value is -2.46. The number of phenols is 1. The van der Waals surface area contributed by atoms with E-state index in [2.05, 4.69) is 34.2 Å². The van der Waals surface area contributed by atoms with Gasteiger partial charge in [0.2, 0.25) is 12.7 Å². The van der Waals surface area contributed by atoms with E-state index in [1.807, 2.05) is 20.9 Å². The molecule has 8 rings (SSSR count). The molecule has 0 aliphatic carbocycles. The number of unbranched alkanes of at least 4 members (excludes halogenated alkanes) is 4. The molecule has 0 saturated carbocycles. The minimum absolute atomic E-state index is 0. The molecule has 0 spiro atoms. The van der Waals surface area contributed by atoms with Crippen LogP contribution in [0.5, 0.6) is 28.7 Å². The number of methoxy groups -OCH3 is 2. The summed E-state index contributed by atoms with van der Waals surface area (Å²) in [7, 11) is 5.24. The predicted octanol–water partition coefficient (Wildman–Crippen LogP) is 5.13. The zero-order valence-electron chi connectivity index (χ0n) is 31.9. The first-order chi connectivity index (χ1) is 25.7. The van der Waals surface area contributed by atoms with Gasteiger partial charge in [-0.25, -0.2) is 4.79 Å². The molecule has 2 aromatic rings. The average Bonchev–Trinajstić information content (AvgIpc) is 3.64. The molecular formula is C39H50AcN4O9S. The molecule has 2 saturated heterocycles. The zero-order chi connectivity index (χ0) is 37.6. The number of amides is 1. The summed E-state index contributed by atoms with van der Waals surface area (Å²) in [6, 6.07) is 1.57. The minimum Gasteiger partial charge on any atom is -0.507 e. The fourth-order valence-electron chi connectivity index (χ4n) is 9.20. The van der Waals surface area contributed by atoms with Crippen LogP contribution in [0.1, 0.15) is 96.2 Å². The van der Waals surface area contributed by atoms with Gasteiger partial charge in [-0.1, -0.05) is 38.7 Å². The number of nitrogens with zero attached hydrogens (tertiary/aromatic N) is 3. The molecule has 54 heavy (non-hydrogen) atoms. The fraction of sp³-hybridized carbons (Fsp3) is 0.615. The zero-order valence-corrected chi connectivity index (χ0v) is 37.5. The Morgan fingerprint density at radius 3 is 2.57 bits per heavy atom. The van der Waals surface area contributed by atoms with Crippen molar-refractivity contribution >= 4 is 23.6 Å². The van der Waals surface area contributed by atoms with Gasteiger partial charge >= 0.3 is 5.97 Å². The number of aromatic hydroxyl groups is 1. The van der Waals surface area contributed by atoms with Gasteiger partial charge in [0.05, 0.1) is 30.5 Å². The SMILES string of the molecule is CCCCCCCC(=O)N[C@H]1CS[C@@H]2c3c(O)c(C)c4c(c3[C@H](COC1=O)N1C2[C@H]2c3c(cc(C)c(OC)c3OCOC)C[C@@H]([C@@H]1C#N)N2C)OCO4.[Ac]. The topological polar surface area (TPSA) is 152 Å². The van der Waals surface area contributed by atoms with Crippen molar-refractivity contribution in [2.24, 2.45) is 0 Å². The van der Waals surface area contributed by atoms with Gasteiger partial charge in [-0.2, -0.15) is 5.26 Å². The van der Waals surface area contributed by atoms with Crippen molar-refractivity contribution in [1.29, 1.82) is 5.26 Å². The van der Waals surface area contributed by atoms with E-state index >= 15 is 0 Å². The quantitative estimate of drug-likeness (QED) is 0.174. The van der Waals surface area contributed by atoms with Gasteiger partial charge in [-0.3, -0.25) is 14.6 Å². The Morgan fingerprint density at radius 2 is 1.85 bits per heavy atom. The van der Waals surface area contributed by atoms with Gasteiger partial charge in [-0.05, 0) is 44.9 Å². The number of hydrogen-bond donors (Lipinski definition) is 2. The number of fused-ring (bicyclic) bond motifs is 10. The molecule has 0 aromatic heterocycles. The summed E-state index contributed by atoms with van der Waals surface area (Å²) < 4.78 is 35.8. The monoisotopic (exact) mass is 977 g/mol. The number of hydrogen-bond acceptors (Lipinski definition) is 13. The summed E-state index contributed by atoms with van der Waals surface area (Å²) in [5.41, 5.74) is 4.78. The van der Waals surface area contributed by atoms with Crippen LogP contribution in [0.2, 0.25) is 0 Å². The molecule has 1 amide bonds. The number of nitrogens with one attached hydrogen (secondary N) is 1. The van der Waals surface area contributed by atoms with Gasteiger partial charge < -0.3 is 38.8 Å². The van der Waals surface area contributed by atoms with Crippen molar-refractivity contribution in [3.05, 3.63) is 39.4 Å². The Balaban J connectivity index is 0.00000497. The number of rotatable bonds is 11. The fourth-order valence-corrected chi connectivity index (χ4v) is 10.7. The van der Waals surface area contributed by atoms with E-state index in [-0.39, 0.29) is 93.7 Å². The number of carbonyl (C=O) groups excluding carboxylic acids is 2. The number of thioether (sulfide) groups is 1. The van der Waals surface area contributed by atoms with Gasteiger partial charge in [0.25, 0.3) is 0 Å². The summed E-state index contributed by atoms with van der Waals surface area (Å²) in [4.78, 5) is 31.4. The predicted molar refractivity (Wildman–Crippen MR) is 196 cm³/mol. The Labute approximate surface area is 357 Å². The molecule has 6 aliphatic heterocycles. The first-order valence-corrected chi connectivity index (χ1v) is 19.6. The molecule has 15 heteroatoms. The third-order valence-electron chi connectivity index (χ3n) is 11.6. The second-order valence-electron chi connectivity index (χ2n) is 14.6. The number of phenolic OH excluding ortho intramolecular Hbond substituents is 1. The van der Waals surface area contributed by atoms with Crippen molar-refractivity contribution in [3.8, 4) is 34.8 Å². The van der Waals surface area contributed by atoms with Crippen LogP contribution in [-0.2, 0) is 25.5 Å². The van der Waals surface area contributed by atoms with Crippen LogP contribution in [0.15, 0.2) is 6.07 Å². The van der Waals surface area contributed by atoms with Crippen molar-refractivity contribution in [1.82, 2.24) is 15.1 Å². The number of carbonyl (C=O) groups is 2. The van der Waals surface area contributed by atoms with Crippen LogP contribution in [-0.4, -0.2) is 98.2 Å². The number of benzene rings is 2. The smallest absolute Gasteiger partial charge is 0.329 e. The minimum atomic E-state index is -0.903. The Kier molecular flexibility index (Phi) is 13.2. The van der Waals surface area contributed by atoms with Crippen molar-refractivity contribution in [2.45, 2.75) is 107 Å². The van der Waals surface area contributed by atoms with E-state index in [0.717, 1.165) is 48.8 Å². The third kappa shape index (κ3) is 7.06. The van der Waals surface area contributed by atoms with E-state index in [1.54, 1.807) is 14.2 Å². The molecule has 1 unspecified atom stereocenters. The second kappa shape index (κ2) is 17.4. The molecule has 13 nitrogen and oxygen atoms in total. The Bertz CT molecular complexity index is 1810. The number of ether oxygens (including phenoxy) is 6. The maximum absolute atomic E-state index is 13.8. The average molecular weight is 978 g/mol. The van der Waals surface area contributed by atoms with E-state index in [1.165, 1.54) is 11.8 Å². The molecule has 289 valence electrons. The third-order valence-corrected chi connectivity index (χ3v) is 13.0. The molecule has 6 aliphatic rings. The molecule has 2 fully saturated rings. The number of likely N-dealkylation sites (N-methyl/N-ethyl adjacent to an activating group) is 1. The molecule has 4 bridgehead atoms. The standard InChI is InChI=1S/C39H50N4O9S.Ac/c1-7-8-9-10-11-12-27(44)41-23-17-53-38-30-29(37-35(51-19-52-37)21(3)33(30)45)26(16-49-39(23)46)43-25(15-40)24-14-22-13-20(2)34(48-6)36(50-18-47-5)28(22)31(32(38)43)42(24)4;/h13,23-26,31-32,38,45H,7-12,14,16-19H2,1-6H3,(H,41,44);/t23-,24-,25-,26-,31+,32?,38+;/m0./s1. The molecule has 2 aromatic carbocycles. The maximum Gasteiger partial charge on any atom is 0.329 e. The van der Waals surface area contributed by atoms with E-state index in [0.29, 0.717) is 52.5 Å². The molecular weight excluding hydrogens is 928 g/mol. The molecule has 7 atom stereocenters. The van der Waals surface area contributed by atoms with Crippen molar-refractivity contribution < 1.29 is 87.2 Å². The summed E-state index contributed by atoms with van der Waals surface area (Å²) >= 11 is 1.47. The van der Waals surface area contributed by atoms with Gasteiger partial charge in [0.15, 0.2) is 29.8 Å². The van der Waals surface area contributed by atoms with Crippen molar-refractivity contribution in [3.63, 3.8) is 0 Å². The van der Waals surface area contributed by atoms with Crippen LogP contribution in [0, 0.1) is 69.2 Å². The van der Waals surface area contributed by atoms with Crippen LogP contribution in [0.25, 0.3) is 0 Å². The normalized spacial score (nSPS) is 26.7. The summed E-state index contributed by atoms with van der Waals surface area (Å²) in [6.07, 6.45) is 5.91. The van der Waals surface area contributed by atoms with Crippen LogP contribution < -0.4 is 24.3 Å². The van der Waals surface area contributed by atoms with Crippen LogP contribution in [0.4, 0.5) is 0 Å². The van der Waals surface area contributed by atoms with Gasteiger partial charge in [0.1, 0.15) is 24.4 Å². The number of nitriles is 1. The van der Waals surface area contributed by atoms with Crippen LogP contribution >= 0.6 is 11.8 Å². The van der Waals surface area contributed by atoms with Crippen molar-refractivity contribution in [2.75, 3.05) is 47.2 Å². The largest absolute Gasteiger partial charge is 0.507 e.